The summed E-state index contributed by atoms with van der Waals surface area (Å²) in [5.41, 5.74) is 1.28. The molecule has 0 amide bonds. The van der Waals surface area contributed by atoms with Crippen molar-refractivity contribution in [2.75, 3.05) is 13.2 Å². The molecule has 0 N–H and O–H groups in total. The van der Waals surface area contributed by atoms with E-state index in [0.29, 0.717) is 24.9 Å². The van der Waals surface area contributed by atoms with E-state index in [1.54, 1.807) is 0 Å². The van der Waals surface area contributed by atoms with Gasteiger partial charge in [0.05, 0.1) is 13.2 Å². The van der Waals surface area contributed by atoms with Gasteiger partial charge in [-0.3, -0.25) is 4.79 Å². The highest BCUT2D eigenvalue weighted by molar-refractivity contribution is 5.89. The third kappa shape index (κ3) is 1.81. The van der Waals surface area contributed by atoms with Gasteiger partial charge in [0, 0.05) is 23.7 Å². The average molecular weight is 318 g/mol. The number of ketones is 1. The van der Waals surface area contributed by atoms with Crippen LogP contribution >= 0.6 is 0 Å². The fraction of sp³-hybridized carbons (Fsp3) is 0.850. The minimum Gasteiger partial charge on any atom is -0.347 e. The van der Waals surface area contributed by atoms with E-state index in [0.717, 1.165) is 38.5 Å². The molecule has 2 saturated carbocycles. The molecule has 1 saturated heterocycles. The van der Waals surface area contributed by atoms with Crippen LogP contribution in [0.4, 0.5) is 0 Å². The lowest BCUT2D eigenvalue weighted by molar-refractivity contribution is -0.284. The Hall–Kier alpha value is -0.670. The molecule has 0 unspecified atom stereocenters. The molecule has 4 rings (SSSR count). The van der Waals surface area contributed by atoms with Gasteiger partial charge in [-0.15, -0.1) is 0 Å². The normalized spacial score (nSPS) is 44.6. The molecular formula is C20H30O3. The Morgan fingerprint density at radius 1 is 1.04 bits per heavy atom. The Kier molecular flexibility index (Phi) is 3.23. The quantitative estimate of drug-likeness (QED) is 0.626. The molecule has 0 aromatic rings. The highest BCUT2D eigenvalue weighted by Crippen LogP contribution is 2.68. The fourth-order valence-electron chi connectivity index (χ4n) is 6.52. The zero-order valence-corrected chi connectivity index (χ0v) is 15.0. The molecule has 0 radical (unpaired) electrons. The van der Waals surface area contributed by atoms with Crippen LogP contribution in [0.15, 0.2) is 11.6 Å². The predicted octanol–water partition coefficient (Wildman–Crippen LogP) is 4.26. The molecule has 1 aliphatic heterocycles. The first-order valence-corrected chi connectivity index (χ1v) is 9.29. The van der Waals surface area contributed by atoms with Gasteiger partial charge in [0.15, 0.2) is 5.79 Å². The van der Waals surface area contributed by atoms with Crippen LogP contribution < -0.4 is 0 Å². The lowest BCUT2D eigenvalue weighted by Gasteiger charge is -2.63. The van der Waals surface area contributed by atoms with Crippen molar-refractivity contribution in [3.8, 4) is 0 Å². The summed E-state index contributed by atoms with van der Waals surface area (Å²) in [6.45, 7) is 10.7. The number of hydrogen-bond acceptors (Lipinski definition) is 3. The fourth-order valence-corrected chi connectivity index (χ4v) is 6.52. The van der Waals surface area contributed by atoms with Crippen LogP contribution in [0, 0.1) is 22.2 Å². The van der Waals surface area contributed by atoms with Crippen molar-refractivity contribution in [1.82, 2.24) is 0 Å². The van der Waals surface area contributed by atoms with Crippen LogP contribution in [0.2, 0.25) is 0 Å². The zero-order chi connectivity index (χ0) is 16.5. The number of carbonyl (C=O) groups is 1. The summed E-state index contributed by atoms with van der Waals surface area (Å²) in [5.74, 6) is 0.553. The van der Waals surface area contributed by atoms with Crippen molar-refractivity contribution < 1.29 is 14.3 Å². The summed E-state index contributed by atoms with van der Waals surface area (Å²) >= 11 is 0. The van der Waals surface area contributed by atoms with Crippen molar-refractivity contribution in [3.63, 3.8) is 0 Å². The lowest BCUT2D eigenvalue weighted by atomic mass is 9.43. The monoisotopic (exact) mass is 318 g/mol. The average Bonchev–Trinajstić information content (AvgIpc) is 2.97. The number of Topliss-reactive ketones (excluding diaryl/α,β-unsaturated/α-hetero) is 1. The van der Waals surface area contributed by atoms with Crippen molar-refractivity contribution >= 4 is 5.78 Å². The molecular weight excluding hydrogens is 288 g/mol. The maximum absolute atomic E-state index is 12.7. The largest absolute Gasteiger partial charge is 0.347 e. The van der Waals surface area contributed by atoms with Crippen LogP contribution in [0.5, 0.6) is 0 Å². The molecule has 23 heavy (non-hydrogen) atoms. The Morgan fingerprint density at radius 2 is 1.74 bits per heavy atom. The van der Waals surface area contributed by atoms with Crippen LogP contribution in [0.25, 0.3) is 0 Å². The molecule has 4 aliphatic rings. The third-order valence-corrected chi connectivity index (χ3v) is 7.83. The van der Waals surface area contributed by atoms with Gasteiger partial charge in [0.1, 0.15) is 5.78 Å². The summed E-state index contributed by atoms with van der Waals surface area (Å²) in [6, 6.07) is 0. The van der Waals surface area contributed by atoms with Crippen LogP contribution in [0.1, 0.15) is 66.2 Å². The molecule has 3 fully saturated rings. The number of hydrogen-bond donors (Lipinski definition) is 0. The molecule has 3 atom stereocenters. The van der Waals surface area contributed by atoms with Crippen LogP contribution in [0.3, 0.4) is 0 Å². The maximum atomic E-state index is 12.7. The van der Waals surface area contributed by atoms with Crippen molar-refractivity contribution in [2.24, 2.45) is 22.2 Å². The Labute approximate surface area is 139 Å². The first kappa shape index (κ1) is 15.8. The molecule has 3 nitrogen and oxygen atoms in total. The highest BCUT2D eigenvalue weighted by Gasteiger charge is 2.66. The summed E-state index contributed by atoms with van der Waals surface area (Å²) < 4.78 is 12.3. The second-order valence-corrected chi connectivity index (χ2v) is 9.09. The number of rotatable bonds is 0. The van der Waals surface area contributed by atoms with Crippen molar-refractivity contribution in [2.45, 2.75) is 72.0 Å². The highest BCUT2D eigenvalue weighted by atomic mass is 16.7. The van der Waals surface area contributed by atoms with Crippen molar-refractivity contribution in [3.05, 3.63) is 11.6 Å². The van der Waals surface area contributed by atoms with Gasteiger partial charge in [-0.25, -0.2) is 0 Å². The smallest absolute Gasteiger partial charge is 0.173 e. The molecule has 3 heteroatoms. The molecule has 0 aromatic carbocycles. The Morgan fingerprint density at radius 3 is 2.43 bits per heavy atom. The number of fused-ring (bicyclic) bond motifs is 3. The second kappa shape index (κ2) is 4.70. The van der Waals surface area contributed by atoms with Crippen LogP contribution in [-0.4, -0.2) is 24.8 Å². The van der Waals surface area contributed by atoms with Gasteiger partial charge in [0.25, 0.3) is 0 Å². The minimum atomic E-state index is -0.413. The Bertz CT molecular complexity index is 569. The second-order valence-electron chi connectivity index (χ2n) is 9.09. The van der Waals surface area contributed by atoms with Gasteiger partial charge in [-0.1, -0.05) is 32.4 Å². The molecule has 1 heterocycles. The van der Waals surface area contributed by atoms with E-state index >= 15 is 0 Å². The first-order valence-electron chi connectivity index (χ1n) is 9.29. The molecule has 0 bridgehead atoms. The minimum absolute atomic E-state index is 0.0286. The van der Waals surface area contributed by atoms with E-state index in [1.165, 1.54) is 5.57 Å². The SMILES string of the molecule is CC1(C)[C@@H]2CC[C@@]3(C)C(=O)CCC=C3[C@@]2(C)CCC12OCCO2. The number of ether oxygens (including phenoxy) is 2. The number of carbonyl (C=O) groups excluding carboxylic acids is 1. The predicted molar refractivity (Wildman–Crippen MR) is 88.9 cm³/mol. The zero-order valence-electron chi connectivity index (χ0n) is 15.0. The van der Waals surface area contributed by atoms with Gasteiger partial charge in [0.2, 0.25) is 0 Å². The summed E-state index contributed by atoms with van der Waals surface area (Å²) in [6.07, 6.45) is 8.13. The maximum Gasteiger partial charge on any atom is 0.173 e. The molecule has 1 spiro atoms. The van der Waals surface area contributed by atoms with Gasteiger partial charge >= 0.3 is 0 Å². The molecule has 128 valence electrons. The Balaban J connectivity index is 1.78. The van der Waals surface area contributed by atoms with Gasteiger partial charge in [-0.2, -0.15) is 0 Å². The number of allylic oxidation sites excluding steroid dienone is 2. The summed E-state index contributed by atoms with van der Waals surface area (Å²) in [5, 5.41) is 0. The molecule has 0 aromatic heterocycles. The van der Waals surface area contributed by atoms with E-state index < -0.39 is 5.79 Å². The molecule has 3 aliphatic carbocycles. The third-order valence-electron chi connectivity index (χ3n) is 7.83. The summed E-state index contributed by atoms with van der Waals surface area (Å²) in [4.78, 5) is 12.7. The van der Waals surface area contributed by atoms with E-state index in [9.17, 15) is 4.79 Å². The van der Waals surface area contributed by atoms with E-state index in [4.69, 9.17) is 9.47 Å². The van der Waals surface area contributed by atoms with Crippen molar-refractivity contribution in [1.29, 1.82) is 0 Å². The van der Waals surface area contributed by atoms with Gasteiger partial charge < -0.3 is 9.47 Å². The van der Waals surface area contributed by atoms with Crippen LogP contribution in [-0.2, 0) is 14.3 Å². The first-order chi connectivity index (χ1) is 10.8. The van der Waals surface area contributed by atoms with Gasteiger partial charge in [-0.05, 0) is 43.9 Å². The topological polar surface area (TPSA) is 35.5 Å². The summed E-state index contributed by atoms with van der Waals surface area (Å²) in [7, 11) is 0. The van der Waals surface area contributed by atoms with E-state index in [-0.39, 0.29) is 16.2 Å². The van der Waals surface area contributed by atoms with E-state index in [1.807, 2.05) is 0 Å². The van der Waals surface area contributed by atoms with E-state index in [2.05, 4.69) is 33.8 Å². The standard InChI is InChI=1S/C20H30O3/c1-17(2)14-8-9-19(4)15(6-5-7-16(19)21)18(14,3)10-11-20(17)22-12-13-23-20/h6,14H,5,7-13H2,1-4H3/t14-,18-,19+/m0/s1. The lowest BCUT2D eigenvalue weighted by Crippen LogP contribution is -2.62.